The van der Waals surface area contributed by atoms with Crippen molar-refractivity contribution < 1.29 is 4.74 Å². The summed E-state index contributed by atoms with van der Waals surface area (Å²) in [6.07, 6.45) is 3.72. The molecule has 0 aromatic carbocycles. The summed E-state index contributed by atoms with van der Waals surface area (Å²) in [5.74, 6) is 0.361. The zero-order valence-corrected chi connectivity index (χ0v) is 4.33. The summed E-state index contributed by atoms with van der Waals surface area (Å²) < 4.78 is 4.64. The second-order valence-corrected chi connectivity index (χ2v) is 1.08. The van der Waals surface area contributed by atoms with E-state index in [2.05, 4.69) is 26.1 Å². The Balaban J connectivity index is 2.83. The Morgan fingerprint density at radius 1 is 1.75 bits per heavy atom. The molecule has 1 aromatic heterocycles. The smallest absolute Gasteiger partial charge is 0.245 e. The van der Waals surface area contributed by atoms with Crippen LogP contribution in [0.5, 0.6) is 5.88 Å². The molecule has 1 aromatic rings. The number of methoxy groups -OCH3 is 1. The van der Waals surface area contributed by atoms with Crippen molar-refractivity contribution in [2.24, 2.45) is 0 Å². The van der Waals surface area contributed by atoms with E-state index in [1.165, 1.54) is 13.4 Å². The SMILES string of the molecule is COc1[c]nncn1. The van der Waals surface area contributed by atoms with E-state index in [1.54, 1.807) is 0 Å². The minimum atomic E-state index is 0.361. The molecule has 0 atom stereocenters. The fourth-order valence-corrected chi connectivity index (χ4v) is 0.303. The summed E-state index contributed by atoms with van der Waals surface area (Å²) in [4.78, 5) is 3.65. The summed E-state index contributed by atoms with van der Waals surface area (Å²) in [5, 5.41) is 6.79. The third-order valence-electron chi connectivity index (χ3n) is 0.623. The summed E-state index contributed by atoms with van der Waals surface area (Å²) in [6, 6.07) is 0. The van der Waals surface area contributed by atoms with Crippen molar-refractivity contribution in [2.75, 3.05) is 7.11 Å². The topological polar surface area (TPSA) is 47.9 Å². The second-order valence-electron chi connectivity index (χ2n) is 1.08. The van der Waals surface area contributed by atoms with Crippen LogP contribution in [0.3, 0.4) is 0 Å². The normalized spacial score (nSPS) is 8.62. The van der Waals surface area contributed by atoms with Crippen molar-refractivity contribution in [1.29, 1.82) is 0 Å². The number of ether oxygens (including phenoxy) is 1. The maximum absolute atomic E-state index is 4.64. The first-order valence-corrected chi connectivity index (χ1v) is 2.03. The fraction of sp³-hybridized carbons (Fsp3) is 0.250. The molecular weight excluding hydrogens is 106 g/mol. The van der Waals surface area contributed by atoms with Crippen LogP contribution < -0.4 is 4.74 Å². The lowest BCUT2D eigenvalue weighted by atomic mass is 10.8. The molecule has 8 heavy (non-hydrogen) atoms. The lowest BCUT2D eigenvalue weighted by Crippen LogP contribution is -1.89. The van der Waals surface area contributed by atoms with Gasteiger partial charge in [0, 0.05) is 0 Å². The highest BCUT2D eigenvalue weighted by Gasteiger charge is 1.86. The van der Waals surface area contributed by atoms with E-state index in [9.17, 15) is 0 Å². The van der Waals surface area contributed by atoms with Crippen LogP contribution in [0.15, 0.2) is 6.33 Å². The minimum Gasteiger partial charge on any atom is -0.479 e. The highest BCUT2D eigenvalue weighted by atomic mass is 16.5. The minimum absolute atomic E-state index is 0.361. The third kappa shape index (κ3) is 0.900. The molecule has 41 valence electrons. The van der Waals surface area contributed by atoms with Gasteiger partial charge < -0.3 is 4.74 Å². The van der Waals surface area contributed by atoms with Crippen LogP contribution in [0, 0.1) is 6.20 Å². The lowest BCUT2D eigenvalue weighted by Gasteiger charge is -1.89. The molecular formula is C4H4N3O. The zero-order valence-electron chi connectivity index (χ0n) is 4.33. The molecule has 1 rings (SSSR count). The summed E-state index contributed by atoms with van der Waals surface area (Å²) in [5.41, 5.74) is 0. The Kier molecular flexibility index (Phi) is 1.37. The van der Waals surface area contributed by atoms with Crippen LogP contribution in [-0.4, -0.2) is 22.3 Å². The average molecular weight is 110 g/mol. The first-order chi connectivity index (χ1) is 3.93. The Bertz CT molecular complexity index is 153. The predicted molar refractivity (Wildman–Crippen MR) is 25.2 cm³/mol. The summed E-state index contributed by atoms with van der Waals surface area (Å²) in [7, 11) is 1.50. The number of aromatic nitrogens is 3. The summed E-state index contributed by atoms with van der Waals surface area (Å²) >= 11 is 0. The Hall–Kier alpha value is -1.19. The Morgan fingerprint density at radius 3 is 3.00 bits per heavy atom. The van der Waals surface area contributed by atoms with Gasteiger partial charge in [0.05, 0.1) is 7.11 Å². The largest absolute Gasteiger partial charge is 0.479 e. The van der Waals surface area contributed by atoms with Crippen molar-refractivity contribution in [3.05, 3.63) is 12.5 Å². The first-order valence-electron chi connectivity index (χ1n) is 2.03. The molecule has 0 spiro atoms. The molecule has 4 nitrogen and oxygen atoms in total. The molecule has 0 fully saturated rings. The fourth-order valence-electron chi connectivity index (χ4n) is 0.303. The Labute approximate surface area is 46.5 Å². The predicted octanol–water partition coefficient (Wildman–Crippen LogP) is -0.320. The highest BCUT2D eigenvalue weighted by molar-refractivity contribution is 4.94. The molecule has 0 bridgehead atoms. The van der Waals surface area contributed by atoms with Crippen molar-refractivity contribution >= 4 is 0 Å². The van der Waals surface area contributed by atoms with Crippen LogP contribution in [0.1, 0.15) is 0 Å². The van der Waals surface area contributed by atoms with Gasteiger partial charge in [-0.15, -0.1) is 10.2 Å². The van der Waals surface area contributed by atoms with E-state index in [0.717, 1.165) is 0 Å². The van der Waals surface area contributed by atoms with Crippen LogP contribution >= 0.6 is 0 Å². The zero-order chi connectivity index (χ0) is 5.82. The number of hydrogen-bond acceptors (Lipinski definition) is 4. The molecule has 0 aliphatic heterocycles. The van der Waals surface area contributed by atoms with Gasteiger partial charge in [0.25, 0.3) is 0 Å². The van der Waals surface area contributed by atoms with E-state index < -0.39 is 0 Å². The van der Waals surface area contributed by atoms with Crippen LogP contribution in [0.25, 0.3) is 0 Å². The van der Waals surface area contributed by atoms with Crippen molar-refractivity contribution in [3.63, 3.8) is 0 Å². The number of nitrogens with zero attached hydrogens (tertiary/aromatic N) is 3. The number of rotatable bonds is 1. The Morgan fingerprint density at radius 2 is 2.62 bits per heavy atom. The van der Waals surface area contributed by atoms with E-state index in [1.807, 2.05) is 0 Å². The molecule has 4 heteroatoms. The van der Waals surface area contributed by atoms with Crippen LogP contribution in [0.4, 0.5) is 0 Å². The van der Waals surface area contributed by atoms with Gasteiger partial charge in [0.1, 0.15) is 6.33 Å². The first kappa shape index (κ1) is 4.96. The van der Waals surface area contributed by atoms with Crippen LogP contribution in [-0.2, 0) is 0 Å². The number of hydrogen-bond donors (Lipinski definition) is 0. The van der Waals surface area contributed by atoms with Gasteiger partial charge in [0.15, 0.2) is 6.20 Å². The molecule has 0 saturated carbocycles. The van der Waals surface area contributed by atoms with E-state index in [0.29, 0.717) is 5.88 Å². The maximum Gasteiger partial charge on any atom is 0.245 e. The lowest BCUT2D eigenvalue weighted by molar-refractivity contribution is 0.392. The van der Waals surface area contributed by atoms with E-state index in [4.69, 9.17) is 0 Å². The average Bonchev–Trinajstić information content (AvgIpc) is 1.90. The quantitative estimate of drug-likeness (QED) is 0.497. The molecule has 0 aliphatic rings. The van der Waals surface area contributed by atoms with E-state index >= 15 is 0 Å². The highest BCUT2D eigenvalue weighted by Crippen LogP contribution is 1.93. The molecule has 0 unspecified atom stereocenters. The molecule has 1 heterocycles. The van der Waals surface area contributed by atoms with Gasteiger partial charge in [0.2, 0.25) is 5.88 Å². The van der Waals surface area contributed by atoms with Gasteiger partial charge in [-0.05, 0) is 0 Å². The van der Waals surface area contributed by atoms with Crippen molar-refractivity contribution in [3.8, 4) is 5.88 Å². The van der Waals surface area contributed by atoms with Gasteiger partial charge in [-0.3, -0.25) is 0 Å². The monoisotopic (exact) mass is 110 g/mol. The molecule has 0 aliphatic carbocycles. The van der Waals surface area contributed by atoms with Gasteiger partial charge in [-0.1, -0.05) is 0 Å². The third-order valence-corrected chi connectivity index (χ3v) is 0.623. The molecule has 0 N–H and O–H groups in total. The van der Waals surface area contributed by atoms with Crippen LogP contribution in [0.2, 0.25) is 0 Å². The molecule has 1 radical (unpaired) electrons. The standard InChI is InChI=1S/C4H4N3O/c1-8-4-2-6-7-3-5-4/h3H,1H3. The van der Waals surface area contributed by atoms with Gasteiger partial charge >= 0.3 is 0 Å². The van der Waals surface area contributed by atoms with Crippen molar-refractivity contribution in [2.45, 2.75) is 0 Å². The molecule has 0 saturated heterocycles. The molecule has 0 amide bonds. The maximum atomic E-state index is 4.64. The van der Waals surface area contributed by atoms with Crippen molar-refractivity contribution in [1.82, 2.24) is 15.2 Å². The summed E-state index contributed by atoms with van der Waals surface area (Å²) in [6.45, 7) is 0. The van der Waals surface area contributed by atoms with Gasteiger partial charge in [-0.2, -0.15) is 4.98 Å². The van der Waals surface area contributed by atoms with Gasteiger partial charge in [-0.25, -0.2) is 0 Å². The van der Waals surface area contributed by atoms with E-state index in [-0.39, 0.29) is 0 Å². The second kappa shape index (κ2) is 2.20.